The van der Waals surface area contributed by atoms with Crippen molar-refractivity contribution in [2.24, 2.45) is 5.73 Å². The van der Waals surface area contributed by atoms with E-state index in [1.165, 1.54) is 0 Å². The van der Waals surface area contributed by atoms with E-state index in [1.54, 1.807) is 13.4 Å². The molecule has 2 N–H and O–H groups in total. The summed E-state index contributed by atoms with van der Waals surface area (Å²) in [7, 11) is 1.68. The summed E-state index contributed by atoms with van der Waals surface area (Å²) in [6.07, 6.45) is 5.12. The molecule has 0 aliphatic rings. The van der Waals surface area contributed by atoms with Crippen molar-refractivity contribution in [1.29, 1.82) is 0 Å². The number of fused-ring (bicyclic) bond motifs is 1. The fraction of sp³-hybridized carbons (Fsp3) is 0.286. The predicted octanol–water partition coefficient (Wildman–Crippen LogP) is 2.67. The normalized spacial score (nSPS) is 10.7. The zero-order valence-corrected chi connectivity index (χ0v) is 10.0. The number of hydrogen-bond acceptors (Lipinski definition) is 3. The van der Waals surface area contributed by atoms with Crippen LogP contribution in [0.4, 0.5) is 0 Å². The molecule has 0 saturated carbocycles. The Kier molecular flexibility index (Phi) is 3.49. The fourth-order valence-electron chi connectivity index (χ4n) is 2.13. The van der Waals surface area contributed by atoms with Gasteiger partial charge < -0.3 is 14.9 Å². The van der Waals surface area contributed by atoms with E-state index < -0.39 is 0 Å². The van der Waals surface area contributed by atoms with Crippen molar-refractivity contribution < 1.29 is 9.15 Å². The SMILES string of the molecule is C=CCc1cc(OC)c(CCN)c2ccoc12. The number of ether oxygens (including phenoxy) is 1. The van der Waals surface area contributed by atoms with E-state index in [4.69, 9.17) is 14.9 Å². The van der Waals surface area contributed by atoms with Crippen molar-refractivity contribution in [2.45, 2.75) is 12.8 Å². The van der Waals surface area contributed by atoms with Gasteiger partial charge in [0.25, 0.3) is 0 Å². The van der Waals surface area contributed by atoms with Gasteiger partial charge in [0.05, 0.1) is 13.4 Å². The van der Waals surface area contributed by atoms with Gasteiger partial charge in [0.15, 0.2) is 0 Å². The Morgan fingerprint density at radius 1 is 1.53 bits per heavy atom. The second kappa shape index (κ2) is 5.06. The van der Waals surface area contributed by atoms with Crippen LogP contribution in [0.5, 0.6) is 5.75 Å². The van der Waals surface area contributed by atoms with Gasteiger partial charge in [0.1, 0.15) is 11.3 Å². The zero-order chi connectivity index (χ0) is 12.3. The van der Waals surface area contributed by atoms with Crippen LogP contribution in [-0.4, -0.2) is 13.7 Å². The molecule has 0 fully saturated rings. The molecule has 1 aromatic carbocycles. The summed E-state index contributed by atoms with van der Waals surface area (Å²) in [6.45, 7) is 4.35. The monoisotopic (exact) mass is 231 g/mol. The van der Waals surface area contributed by atoms with Crippen LogP contribution in [0.2, 0.25) is 0 Å². The van der Waals surface area contributed by atoms with Gasteiger partial charge in [-0.05, 0) is 31.5 Å². The van der Waals surface area contributed by atoms with Crippen molar-refractivity contribution >= 4 is 11.0 Å². The molecule has 90 valence electrons. The molecular formula is C14H17NO2. The summed E-state index contributed by atoms with van der Waals surface area (Å²) in [6, 6.07) is 3.98. The van der Waals surface area contributed by atoms with Crippen LogP contribution in [0, 0.1) is 0 Å². The largest absolute Gasteiger partial charge is 0.496 e. The standard InChI is InChI=1S/C14H17NO2/c1-3-4-10-9-13(16-2)11(5-7-15)12-6-8-17-14(10)12/h3,6,8-9H,1,4-5,7,15H2,2H3. The Hall–Kier alpha value is -1.74. The highest BCUT2D eigenvalue weighted by molar-refractivity contribution is 5.86. The highest BCUT2D eigenvalue weighted by Crippen LogP contribution is 2.32. The van der Waals surface area contributed by atoms with E-state index in [0.29, 0.717) is 6.54 Å². The Morgan fingerprint density at radius 2 is 2.35 bits per heavy atom. The first kappa shape index (κ1) is 11.7. The van der Waals surface area contributed by atoms with Gasteiger partial charge in [-0.15, -0.1) is 6.58 Å². The molecule has 3 heteroatoms. The minimum absolute atomic E-state index is 0.595. The molecule has 0 radical (unpaired) electrons. The molecule has 0 unspecified atom stereocenters. The van der Waals surface area contributed by atoms with Crippen LogP contribution >= 0.6 is 0 Å². The van der Waals surface area contributed by atoms with E-state index in [1.807, 2.05) is 18.2 Å². The Bertz CT molecular complexity index is 528. The zero-order valence-electron chi connectivity index (χ0n) is 10.0. The third kappa shape index (κ3) is 2.06. The molecule has 0 saturated heterocycles. The number of hydrogen-bond donors (Lipinski definition) is 1. The quantitative estimate of drug-likeness (QED) is 0.805. The first-order valence-corrected chi connectivity index (χ1v) is 5.68. The lowest BCUT2D eigenvalue weighted by Gasteiger charge is -2.11. The number of nitrogens with two attached hydrogens (primary N) is 1. The van der Waals surface area contributed by atoms with Crippen molar-refractivity contribution in [2.75, 3.05) is 13.7 Å². The molecule has 0 atom stereocenters. The molecule has 17 heavy (non-hydrogen) atoms. The second-order valence-electron chi connectivity index (χ2n) is 3.91. The number of rotatable bonds is 5. The summed E-state index contributed by atoms with van der Waals surface area (Å²) in [5, 5.41) is 1.09. The van der Waals surface area contributed by atoms with E-state index in [0.717, 1.165) is 40.7 Å². The number of furan rings is 1. The lowest BCUT2D eigenvalue weighted by atomic mass is 10.0. The molecule has 1 heterocycles. The van der Waals surface area contributed by atoms with Crippen LogP contribution in [0.1, 0.15) is 11.1 Å². The van der Waals surface area contributed by atoms with Gasteiger partial charge in [0.2, 0.25) is 0 Å². The first-order valence-electron chi connectivity index (χ1n) is 5.68. The molecule has 0 aliphatic heterocycles. The van der Waals surface area contributed by atoms with Crippen LogP contribution in [0.3, 0.4) is 0 Å². The van der Waals surface area contributed by atoms with Crippen molar-refractivity contribution in [3.05, 3.63) is 42.2 Å². The van der Waals surface area contributed by atoms with Crippen LogP contribution in [0.25, 0.3) is 11.0 Å². The smallest absolute Gasteiger partial charge is 0.137 e. The van der Waals surface area contributed by atoms with Crippen LogP contribution < -0.4 is 10.5 Å². The number of allylic oxidation sites excluding steroid dienone is 1. The first-order chi connectivity index (χ1) is 8.31. The summed E-state index contributed by atoms with van der Waals surface area (Å²) in [5.41, 5.74) is 8.76. The second-order valence-corrected chi connectivity index (χ2v) is 3.91. The van der Waals surface area contributed by atoms with Crippen LogP contribution in [-0.2, 0) is 12.8 Å². The topological polar surface area (TPSA) is 48.4 Å². The molecular weight excluding hydrogens is 214 g/mol. The number of benzene rings is 1. The van der Waals surface area contributed by atoms with E-state index >= 15 is 0 Å². The Labute approximate surface area is 101 Å². The average Bonchev–Trinajstić information content (AvgIpc) is 2.81. The Balaban J connectivity index is 2.66. The summed E-state index contributed by atoms with van der Waals surface area (Å²) < 4.78 is 11.0. The summed E-state index contributed by atoms with van der Waals surface area (Å²) >= 11 is 0. The molecule has 3 nitrogen and oxygen atoms in total. The molecule has 0 spiro atoms. The highest BCUT2D eigenvalue weighted by atomic mass is 16.5. The third-order valence-electron chi connectivity index (χ3n) is 2.86. The van der Waals surface area contributed by atoms with Crippen molar-refractivity contribution in [1.82, 2.24) is 0 Å². The van der Waals surface area contributed by atoms with E-state index in [-0.39, 0.29) is 0 Å². The molecule has 0 aliphatic carbocycles. The van der Waals surface area contributed by atoms with Gasteiger partial charge in [-0.1, -0.05) is 6.08 Å². The maximum absolute atomic E-state index is 5.64. The van der Waals surface area contributed by atoms with Gasteiger partial charge in [-0.3, -0.25) is 0 Å². The molecule has 0 amide bonds. The molecule has 0 bridgehead atoms. The summed E-state index contributed by atoms with van der Waals surface area (Å²) in [4.78, 5) is 0. The lowest BCUT2D eigenvalue weighted by Crippen LogP contribution is -2.05. The fourth-order valence-corrected chi connectivity index (χ4v) is 2.13. The van der Waals surface area contributed by atoms with Gasteiger partial charge in [0, 0.05) is 16.5 Å². The van der Waals surface area contributed by atoms with Crippen molar-refractivity contribution in [3.8, 4) is 5.75 Å². The molecule has 1 aromatic heterocycles. The maximum Gasteiger partial charge on any atom is 0.137 e. The maximum atomic E-state index is 5.64. The van der Waals surface area contributed by atoms with E-state index in [2.05, 4.69) is 6.58 Å². The minimum Gasteiger partial charge on any atom is -0.496 e. The van der Waals surface area contributed by atoms with Crippen LogP contribution in [0.15, 0.2) is 35.5 Å². The third-order valence-corrected chi connectivity index (χ3v) is 2.86. The van der Waals surface area contributed by atoms with Gasteiger partial charge >= 0.3 is 0 Å². The van der Waals surface area contributed by atoms with Crippen molar-refractivity contribution in [3.63, 3.8) is 0 Å². The van der Waals surface area contributed by atoms with Gasteiger partial charge in [-0.25, -0.2) is 0 Å². The van der Waals surface area contributed by atoms with Gasteiger partial charge in [-0.2, -0.15) is 0 Å². The lowest BCUT2D eigenvalue weighted by molar-refractivity contribution is 0.410. The number of methoxy groups -OCH3 is 1. The predicted molar refractivity (Wildman–Crippen MR) is 69.4 cm³/mol. The van der Waals surface area contributed by atoms with E-state index in [9.17, 15) is 0 Å². The average molecular weight is 231 g/mol. The summed E-state index contributed by atoms with van der Waals surface area (Å²) in [5.74, 6) is 0.876. The molecule has 2 rings (SSSR count). The highest BCUT2D eigenvalue weighted by Gasteiger charge is 2.13. The minimum atomic E-state index is 0.595. The Morgan fingerprint density at radius 3 is 3.00 bits per heavy atom. The molecule has 2 aromatic rings.